The lowest BCUT2D eigenvalue weighted by atomic mass is 10.0. The number of nitrogens with one attached hydrogen (secondary N) is 1. The first-order chi connectivity index (χ1) is 6.29. The topological polar surface area (TPSA) is 49.3 Å². The molecule has 0 aromatic carbocycles. The van der Waals surface area contributed by atoms with Crippen molar-refractivity contribution in [3.63, 3.8) is 0 Å². The van der Waals surface area contributed by atoms with Crippen LogP contribution in [0.3, 0.4) is 0 Å². The van der Waals surface area contributed by atoms with Gasteiger partial charge in [0.25, 0.3) is 0 Å². The molecule has 1 saturated carbocycles. The van der Waals surface area contributed by atoms with Crippen LogP contribution in [0.25, 0.3) is 0 Å². The van der Waals surface area contributed by atoms with Gasteiger partial charge in [-0.25, -0.2) is 0 Å². The molecule has 1 aliphatic carbocycles. The number of hydrogen-bond donors (Lipinski definition) is 2. The summed E-state index contributed by atoms with van der Waals surface area (Å²) in [6.07, 6.45) is 6.99. The molecule has 0 atom stereocenters. The van der Waals surface area contributed by atoms with Crippen molar-refractivity contribution in [2.45, 2.75) is 38.5 Å². The maximum absolute atomic E-state index is 10.2. The smallest absolute Gasteiger partial charge is 0.304 e. The van der Waals surface area contributed by atoms with Gasteiger partial charge in [-0.15, -0.1) is 0 Å². The first-order valence-corrected chi connectivity index (χ1v) is 5.21. The third kappa shape index (κ3) is 4.88. The molecule has 0 aromatic heterocycles. The standard InChI is InChI=1S/C10H19NO2/c12-10(13)6-8-11-7-5-9-3-1-2-4-9/h9,11H,1-8H2,(H,12,13). The molecule has 76 valence electrons. The van der Waals surface area contributed by atoms with Crippen molar-refractivity contribution in [3.05, 3.63) is 0 Å². The number of rotatable bonds is 6. The zero-order chi connectivity index (χ0) is 9.52. The molecule has 0 amide bonds. The van der Waals surface area contributed by atoms with E-state index in [9.17, 15) is 4.79 Å². The van der Waals surface area contributed by atoms with Crippen LogP contribution >= 0.6 is 0 Å². The van der Waals surface area contributed by atoms with Gasteiger partial charge < -0.3 is 10.4 Å². The zero-order valence-electron chi connectivity index (χ0n) is 8.09. The number of aliphatic carboxylic acids is 1. The maximum Gasteiger partial charge on any atom is 0.304 e. The maximum atomic E-state index is 10.2. The van der Waals surface area contributed by atoms with Crippen LogP contribution in [0.4, 0.5) is 0 Å². The van der Waals surface area contributed by atoms with E-state index in [1.54, 1.807) is 0 Å². The minimum absolute atomic E-state index is 0.241. The summed E-state index contributed by atoms with van der Waals surface area (Å²) in [7, 11) is 0. The van der Waals surface area contributed by atoms with E-state index in [2.05, 4.69) is 5.32 Å². The molecule has 0 unspecified atom stereocenters. The largest absolute Gasteiger partial charge is 0.481 e. The predicted molar refractivity (Wildman–Crippen MR) is 51.7 cm³/mol. The van der Waals surface area contributed by atoms with E-state index < -0.39 is 5.97 Å². The highest BCUT2D eigenvalue weighted by Crippen LogP contribution is 2.26. The summed E-state index contributed by atoms with van der Waals surface area (Å²) in [5, 5.41) is 11.5. The highest BCUT2D eigenvalue weighted by Gasteiger charge is 2.13. The van der Waals surface area contributed by atoms with E-state index in [-0.39, 0.29) is 6.42 Å². The lowest BCUT2D eigenvalue weighted by Crippen LogP contribution is -2.20. The van der Waals surface area contributed by atoms with Crippen molar-refractivity contribution in [1.29, 1.82) is 0 Å². The summed E-state index contributed by atoms with van der Waals surface area (Å²) >= 11 is 0. The predicted octanol–water partition coefficient (Wildman–Crippen LogP) is 1.63. The highest BCUT2D eigenvalue weighted by atomic mass is 16.4. The summed E-state index contributed by atoms with van der Waals surface area (Å²) in [6.45, 7) is 1.60. The van der Waals surface area contributed by atoms with Gasteiger partial charge in [0.15, 0.2) is 0 Å². The van der Waals surface area contributed by atoms with Gasteiger partial charge in [-0.2, -0.15) is 0 Å². The Labute approximate surface area is 79.5 Å². The SMILES string of the molecule is O=C(O)CCNCCC1CCCC1. The van der Waals surface area contributed by atoms with Crippen molar-refractivity contribution < 1.29 is 9.90 Å². The minimum atomic E-state index is -0.714. The van der Waals surface area contributed by atoms with Gasteiger partial charge in [0.2, 0.25) is 0 Å². The average Bonchev–Trinajstić information content (AvgIpc) is 2.55. The van der Waals surface area contributed by atoms with Crippen LogP contribution < -0.4 is 5.32 Å². The number of carboxylic acids is 1. The van der Waals surface area contributed by atoms with E-state index in [0.717, 1.165) is 12.5 Å². The Morgan fingerprint density at radius 3 is 2.62 bits per heavy atom. The molecule has 0 aromatic rings. The van der Waals surface area contributed by atoms with Gasteiger partial charge in [0, 0.05) is 6.54 Å². The van der Waals surface area contributed by atoms with Gasteiger partial charge in [-0.05, 0) is 18.9 Å². The third-order valence-corrected chi connectivity index (χ3v) is 2.72. The normalized spacial score (nSPS) is 17.8. The molecule has 0 radical (unpaired) electrons. The first-order valence-electron chi connectivity index (χ1n) is 5.21. The quantitative estimate of drug-likeness (QED) is 0.618. The molecule has 0 aliphatic heterocycles. The van der Waals surface area contributed by atoms with E-state index in [1.807, 2.05) is 0 Å². The van der Waals surface area contributed by atoms with Gasteiger partial charge in [-0.3, -0.25) is 4.79 Å². The molecular weight excluding hydrogens is 166 g/mol. The van der Waals surface area contributed by atoms with Crippen LogP contribution in [-0.2, 0) is 4.79 Å². The Hall–Kier alpha value is -0.570. The van der Waals surface area contributed by atoms with Crippen LogP contribution in [0.15, 0.2) is 0 Å². The highest BCUT2D eigenvalue weighted by molar-refractivity contribution is 5.66. The summed E-state index contributed by atoms with van der Waals surface area (Å²) in [5.74, 6) is 0.186. The fraction of sp³-hybridized carbons (Fsp3) is 0.900. The second-order valence-corrected chi connectivity index (χ2v) is 3.83. The molecule has 1 rings (SSSR count). The van der Waals surface area contributed by atoms with Crippen LogP contribution in [0.1, 0.15) is 38.5 Å². The molecule has 3 heteroatoms. The van der Waals surface area contributed by atoms with Crippen molar-refractivity contribution in [2.75, 3.05) is 13.1 Å². The van der Waals surface area contributed by atoms with Crippen LogP contribution in [0.5, 0.6) is 0 Å². The van der Waals surface area contributed by atoms with E-state index in [1.165, 1.54) is 32.1 Å². The molecule has 3 nitrogen and oxygen atoms in total. The number of carbonyl (C=O) groups is 1. The van der Waals surface area contributed by atoms with Crippen molar-refractivity contribution in [3.8, 4) is 0 Å². The van der Waals surface area contributed by atoms with Crippen molar-refractivity contribution in [1.82, 2.24) is 5.32 Å². The molecular formula is C10H19NO2. The Morgan fingerprint density at radius 2 is 2.00 bits per heavy atom. The van der Waals surface area contributed by atoms with Crippen molar-refractivity contribution >= 4 is 5.97 Å². The monoisotopic (exact) mass is 185 g/mol. The molecule has 1 aliphatic rings. The second kappa shape index (κ2) is 5.97. The summed E-state index contributed by atoms with van der Waals surface area (Å²) in [4.78, 5) is 10.2. The van der Waals surface area contributed by atoms with Crippen LogP contribution in [0, 0.1) is 5.92 Å². The second-order valence-electron chi connectivity index (χ2n) is 3.83. The van der Waals surface area contributed by atoms with Gasteiger partial charge in [0.05, 0.1) is 6.42 Å². The molecule has 1 fully saturated rings. The van der Waals surface area contributed by atoms with Gasteiger partial charge >= 0.3 is 5.97 Å². The molecule has 0 saturated heterocycles. The Kier molecular flexibility index (Phi) is 4.83. The molecule has 0 bridgehead atoms. The summed E-state index contributed by atoms with van der Waals surface area (Å²) < 4.78 is 0. The van der Waals surface area contributed by atoms with Crippen LogP contribution in [-0.4, -0.2) is 24.2 Å². The Morgan fingerprint density at radius 1 is 1.31 bits per heavy atom. The van der Waals surface area contributed by atoms with E-state index >= 15 is 0 Å². The Bertz CT molecular complexity index is 153. The fourth-order valence-electron chi connectivity index (χ4n) is 1.93. The number of carboxylic acid groups (broad SMARTS) is 1. The van der Waals surface area contributed by atoms with E-state index in [4.69, 9.17) is 5.11 Å². The zero-order valence-corrected chi connectivity index (χ0v) is 8.09. The third-order valence-electron chi connectivity index (χ3n) is 2.72. The Balaban J connectivity index is 1.86. The molecule has 0 spiro atoms. The van der Waals surface area contributed by atoms with E-state index in [0.29, 0.717) is 6.54 Å². The van der Waals surface area contributed by atoms with Crippen LogP contribution in [0.2, 0.25) is 0 Å². The summed E-state index contributed by atoms with van der Waals surface area (Å²) in [5.41, 5.74) is 0. The number of hydrogen-bond acceptors (Lipinski definition) is 2. The fourth-order valence-corrected chi connectivity index (χ4v) is 1.93. The molecule has 13 heavy (non-hydrogen) atoms. The molecule has 0 heterocycles. The van der Waals surface area contributed by atoms with Gasteiger partial charge in [-0.1, -0.05) is 25.7 Å². The summed E-state index contributed by atoms with van der Waals surface area (Å²) in [6, 6.07) is 0. The lowest BCUT2D eigenvalue weighted by molar-refractivity contribution is -0.136. The average molecular weight is 185 g/mol. The first kappa shape index (κ1) is 10.5. The minimum Gasteiger partial charge on any atom is -0.481 e. The lowest BCUT2D eigenvalue weighted by Gasteiger charge is -2.08. The van der Waals surface area contributed by atoms with Crippen molar-refractivity contribution in [2.24, 2.45) is 5.92 Å². The van der Waals surface area contributed by atoms with Gasteiger partial charge in [0.1, 0.15) is 0 Å². The molecule has 2 N–H and O–H groups in total.